The lowest BCUT2D eigenvalue weighted by Crippen LogP contribution is -2.51. The zero-order chi connectivity index (χ0) is 26.6. The van der Waals surface area contributed by atoms with Crippen LogP contribution in [0, 0.1) is 46.3 Å². The SMILES string of the molecule is CC(C)CCC[C@@H](C)[C@H]1CC[C@H]2[C@@H]3CC=C4C[C@@H](OCCO[PH](=O)OCC=O)CC[C@]4(C)[C@H]3CC[C@]12C. The summed E-state index contributed by atoms with van der Waals surface area (Å²) in [5, 5.41) is 0. The minimum atomic E-state index is -2.60. The van der Waals surface area contributed by atoms with Crippen LogP contribution in [0.4, 0.5) is 0 Å². The van der Waals surface area contributed by atoms with Crippen molar-refractivity contribution in [2.75, 3.05) is 19.8 Å². The highest BCUT2D eigenvalue weighted by atomic mass is 31.1. The highest BCUT2D eigenvalue weighted by Gasteiger charge is 2.59. The summed E-state index contributed by atoms with van der Waals surface area (Å²) in [7, 11) is -2.60. The standard InChI is InChI=1S/C31H53O5P/c1-22(2)7-6-8-23(3)27-11-12-28-26-10-9-24-21-25(34-19-20-36-37(33)35-18-17-32)13-15-30(24,4)29(26)14-16-31(27,28)5/h9,17,22-23,25-29,37H,6-8,10-16,18-21H2,1-5H3/t23-,25+,26+,27-,28+,29+,30+,31-/m1/s1. The number of ether oxygens (including phenoxy) is 1. The van der Waals surface area contributed by atoms with Crippen LogP contribution in [0.25, 0.3) is 0 Å². The zero-order valence-corrected chi connectivity index (χ0v) is 25.1. The van der Waals surface area contributed by atoms with Crippen molar-refractivity contribution in [3.8, 4) is 0 Å². The number of hydrogen-bond acceptors (Lipinski definition) is 5. The van der Waals surface area contributed by atoms with Crippen molar-refractivity contribution in [2.45, 2.75) is 111 Å². The number of carbonyl (C=O) groups is 1. The van der Waals surface area contributed by atoms with Crippen LogP contribution in [0.1, 0.15) is 105 Å². The number of hydrogen-bond donors (Lipinski definition) is 0. The smallest absolute Gasteiger partial charge is 0.319 e. The maximum atomic E-state index is 11.6. The Hall–Kier alpha value is -0.480. The zero-order valence-electron chi connectivity index (χ0n) is 24.1. The van der Waals surface area contributed by atoms with Gasteiger partial charge in [-0.2, -0.15) is 0 Å². The lowest BCUT2D eigenvalue weighted by Gasteiger charge is -2.58. The number of carbonyl (C=O) groups excluding carboxylic acids is 1. The van der Waals surface area contributed by atoms with Crippen LogP contribution in [0.5, 0.6) is 0 Å². The molecule has 4 rings (SSSR count). The van der Waals surface area contributed by atoms with Crippen LogP contribution >= 0.6 is 8.25 Å². The van der Waals surface area contributed by atoms with E-state index in [2.05, 4.69) is 40.7 Å². The van der Waals surface area contributed by atoms with E-state index in [0.29, 0.717) is 23.7 Å². The average Bonchev–Trinajstić information content (AvgIpc) is 3.22. The Kier molecular flexibility index (Phi) is 10.2. The predicted octanol–water partition coefficient (Wildman–Crippen LogP) is 8.03. The Morgan fingerprint density at radius 3 is 2.59 bits per heavy atom. The first-order chi connectivity index (χ1) is 17.7. The molecule has 0 heterocycles. The molecule has 3 fully saturated rings. The van der Waals surface area contributed by atoms with Crippen molar-refractivity contribution in [2.24, 2.45) is 46.3 Å². The van der Waals surface area contributed by atoms with E-state index in [4.69, 9.17) is 13.8 Å². The van der Waals surface area contributed by atoms with Gasteiger partial charge in [-0.1, -0.05) is 65.5 Å². The Morgan fingerprint density at radius 1 is 1.03 bits per heavy atom. The van der Waals surface area contributed by atoms with Gasteiger partial charge in [-0.15, -0.1) is 0 Å². The molecule has 4 aliphatic rings. The van der Waals surface area contributed by atoms with E-state index in [9.17, 15) is 9.36 Å². The third-order valence-electron chi connectivity index (χ3n) is 11.2. The molecule has 3 saturated carbocycles. The maximum absolute atomic E-state index is 11.6. The minimum absolute atomic E-state index is 0.186. The van der Waals surface area contributed by atoms with Gasteiger partial charge in [0.15, 0.2) is 0 Å². The van der Waals surface area contributed by atoms with E-state index in [1.807, 2.05) is 0 Å². The number of fused-ring (bicyclic) bond motifs is 5. The van der Waals surface area contributed by atoms with Crippen molar-refractivity contribution in [1.82, 2.24) is 0 Å². The number of rotatable bonds is 13. The third kappa shape index (κ3) is 6.47. The predicted molar refractivity (Wildman–Crippen MR) is 150 cm³/mol. The lowest BCUT2D eigenvalue weighted by atomic mass is 9.47. The Morgan fingerprint density at radius 2 is 1.84 bits per heavy atom. The summed E-state index contributed by atoms with van der Waals surface area (Å²) in [6.45, 7) is 13.0. The molecular formula is C31H53O5P. The maximum Gasteiger partial charge on any atom is 0.319 e. The fourth-order valence-electron chi connectivity index (χ4n) is 9.28. The third-order valence-corrected chi connectivity index (χ3v) is 12.0. The second kappa shape index (κ2) is 12.8. The second-order valence-corrected chi connectivity index (χ2v) is 14.7. The second-order valence-electron chi connectivity index (χ2n) is 13.6. The summed E-state index contributed by atoms with van der Waals surface area (Å²) in [5.41, 5.74) is 2.50. The van der Waals surface area contributed by atoms with Gasteiger partial charge in [-0.3, -0.25) is 4.57 Å². The monoisotopic (exact) mass is 536 g/mol. The normalized spacial score (nSPS) is 38.9. The summed E-state index contributed by atoms with van der Waals surface area (Å²) < 4.78 is 27.6. The van der Waals surface area contributed by atoms with Crippen LogP contribution in [-0.4, -0.2) is 32.2 Å². The van der Waals surface area contributed by atoms with E-state index >= 15 is 0 Å². The van der Waals surface area contributed by atoms with Gasteiger partial charge in [0.25, 0.3) is 0 Å². The molecule has 5 nitrogen and oxygen atoms in total. The summed E-state index contributed by atoms with van der Waals surface area (Å²) >= 11 is 0. The van der Waals surface area contributed by atoms with E-state index in [-0.39, 0.29) is 19.3 Å². The molecule has 0 spiro atoms. The van der Waals surface area contributed by atoms with Crippen LogP contribution in [0.3, 0.4) is 0 Å². The average molecular weight is 537 g/mol. The molecule has 0 radical (unpaired) electrons. The topological polar surface area (TPSA) is 61.8 Å². The van der Waals surface area contributed by atoms with E-state index in [1.54, 1.807) is 5.57 Å². The van der Waals surface area contributed by atoms with Gasteiger partial charge in [0.2, 0.25) is 0 Å². The van der Waals surface area contributed by atoms with Gasteiger partial charge < -0.3 is 18.6 Å². The van der Waals surface area contributed by atoms with E-state index in [1.165, 1.54) is 57.8 Å². The molecule has 212 valence electrons. The van der Waals surface area contributed by atoms with Crippen molar-refractivity contribution in [3.63, 3.8) is 0 Å². The van der Waals surface area contributed by atoms with Gasteiger partial charge in [-0.25, -0.2) is 0 Å². The van der Waals surface area contributed by atoms with E-state index in [0.717, 1.165) is 48.3 Å². The summed E-state index contributed by atoms with van der Waals surface area (Å²) in [6.07, 6.45) is 17.9. The Bertz CT molecular complexity index is 826. The fraction of sp³-hybridized carbons (Fsp3) is 0.903. The van der Waals surface area contributed by atoms with Crippen LogP contribution in [0.15, 0.2) is 11.6 Å². The number of allylic oxidation sites excluding steroid dienone is 1. The molecule has 0 aromatic rings. The van der Waals surface area contributed by atoms with Crippen molar-refractivity contribution < 1.29 is 23.1 Å². The van der Waals surface area contributed by atoms with Crippen LogP contribution in [0.2, 0.25) is 0 Å². The van der Waals surface area contributed by atoms with Crippen molar-refractivity contribution in [3.05, 3.63) is 11.6 Å². The molecule has 37 heavy (non-hydrogen) atoms. The molecule has 0 aliphatic heterocycles. The number of aldehydes is 1. The molecule has 0 aromatic heterocycles. The van der Waals surface area contributed by atoms with Gasteiger partial charge in [-0.05, 0) is 97.7 Å². The van der Waals surface area contributed by atoms with E-state index < -0.39 is 8.25 Å². The molecule has 0 saturated heterocycles. The van der Waals surface area contributed by atoms with Gasteiger partial charge >= 0.3 is 8.25 Å². The summed E-state index contributed by atoms with van der Waals surface area (Å²) in [4.78, 5) is 10.3. The molecule has 0 bridgehead atoms. The summed E-state index contributed by atoms with van der Waals surface area (Å²) in [6, 6.07) is 0. The highest BCUT2D eigenvalue weighted by molar-refractivity contribution is 7.33. The molecular weight excluding hydrogens is 483 g/mol. The summed E-state index contributed by atoms with van der Waals surface area (Å²) in [5.74, 6) is 5.18. The van der Waals surface area contributed by atoms with Crippen LogP contribution in [-0.2, 0) is 23.1 Å². The fourth-order valence-corrected chi connectivity index (χ4v) is 9.82. The first-order valence-corrected chi connectivity index (χ1v) is 16.5. The van der Waals surface area contributed by atoms with Gasteiger partial charge in [0, 0.05) is 0 Å². The Labute approximate surface area is 226 Å². The van der Waals surface area contributed by atoms with Crippen molar-refractivity contribution >= 4 is 14.5 Å². The van der Waals surface area contributed by atoms with Gasteiger partial charge in [0.1, 0.15) is 12.9 Å². The minimum Gasteiger partial charge on any atom is -0.375 e. The lowest BCUT2D eigenvalue weighted by molar-refractivity contribution is -0.109. The highest BCUT2D eigenvalue weighted by Crippen LogP contribution is 2.67. The molecule has 0 N–H and O–H groups in total. The van der Waals surface area contributed by atoms with Crippen molar-refractivity contribution in [1.29, 1.82) is 0 Å². The molecule has 4 aliphatic carbocycles. The molecule has 1 unspecified atom stereocenters. The molecule has 0 aromatic carbocycles. The first kappa shape index (κ1) is 29.5. The largest absolute Gasteiger partial charge is 0.375 e. The van der Waals surface area contributed by atoms with Crippen LogP contribution < -0.4 is 0 Å². The first-order valence-electron chi connectivity index (χ1n) is 15.2. The Balaban J connectivity index is 1.32. The van der Waals surface area contributed by atoms with Gasteiger partial charge in [0.05, 0.1) is 19.3 Å². The molecule has 0 amide bonds. The quantitative estimate of drug-likeness (QED) is 0.103. The molecule has 9 atom stereocenters. The molecule has 6 heteroatoms.